The highest BCUT2D eigenvalue weighted by molar-refractivity contribution is 6.05. The molecule has 0 bridgehead atoms. The summed E-state index contributed by atoms with van der Waals surface area (Å²) < 4.78 is 5.79. The number of nitrogens with zero attached hydrogens (tertiary/aromatic N) is 2. The fourth-order valence-corrected chi connectivity index (χ4v) is 4.04. The van der Waals surface area contributed by atoms with Crippen LogP contribution in [-0.4, -0.2) is 52.8 Å². The normalized spacial score (nSPS) is 20.8. The molecule has 9 nitrogen and oxygen atoms in total. The number of nitrogens with one attached hydrogen (secondary N) is 3. The van der Waals surface area contributed by atoms with E-state index in [0.29, 0.717) is 31.0 Å². The van der Waals surface area contributed by atoms with Crippen molar-refractivity contribution in [1.82, 2.24) is 20.5 Å². The molecule has 5 rings (SSSR count). The Balaban J connectivity index is 1.24. The minimum absolute atomic E-state index is 0.162. The number of hydrogen-bond acceptors (Lipinski definition) is 7. The molecular formula is C22H23N5O4. The average Bonchev–Trinajstić information content (AvgIpc) is 3.05. The molecule has 4 heterocycles. The number of pyridine rings is 1. The summed E-state index contributed by atoms with van der Waals surface area (Å²) in [5.74, 6) is -0.248. The zero-order valence-corrected chi connectivity index (χ0v) is 16.9. The molecule has 3 aliphatic rings. The molecule has 9 heteroatoms. The van der Waals surface area contributed by atoms with E-state index in [1.54, 1.807) is 11.1 Å². The Kier molecular flexibility index (Phi) is 5.03. The van der Waals surface area contributed by atoms with Crippen LogP contribution in [0.3, 0.4) is 0 Å². The van der Waals surface area contributed by atoms with Gasteiger partial charge in [-0.3, -0.25) is 19.7 Å². The molecule has 1 atom stereocenters. The van der Waals surface area contributed by atoms with Crippen molar-refractivity contribution in [2.45, 2.75) is 38.1 Å². The molecule has 1 unspecified atom stereocenters. The molecule has 0 spiro atoms. The fourth-order valence-electron chi connectivity index (χ4n) is 4.04. The summed E-state index contributed by atoms with van der Waals surface area (Å²) in [7, 11) is 0. The molecule has 2 aromatic rings. The number of fused-ring (bicyclic) bond motifs is 1. The van der Waals surface area contributed by atoms with Crippen LogP contribution in [-0.2, 0) is 22.7 Å². The number of hydrogen-bond donors (Lipinski definition) is 3. The number of ether oxygens (including phenoxy) is 1. The predicted molar refractivity (Wildman–Crippen MR) is 111 cm³/mol. The average molecular weight is 421 g/mol. The third-order valence-electron chi connectivity index (χ3n) is 5.85. The smallest absolute Gasteiger partial charge is 0.255 e. The third-order valence-corrected chi connectivity index (χ3v) is 5.85. The van der Waals surface area contributed by atoms with Crippen molar-refractivity contribution >= 4 is 23.4 Å². The maximum atomic E-state index is 12.8. The summed E-state index contributed by atoms with van der Waals surface area (Å²) in [6.45, 7) is 2.62. The van der Waals surface area contributed by atoms with Gasteiger partial charge in [-0.05, 0) is 29.7 Å². The van der Waals surface area contributed by atoms with Gasteiger partial charge >= 0.3 is 0 Å². The zero-order valence-electron chi connectivity index (χ0n) is 16.9. The van der Waals surface area contributed by atoms with E-state index in [-0.39, 0.29) is 24.3 Å². The minimum atomic E-state index is -0.597. The van der Waals surface area contributed by atoms with Crippen LogP contribution in [0.25, 0.3) is 0 Å². The molecular weight excluding hydrogens is 398 g/mol. The van der Waals surface area contributed by atoms with Gasteiger partial charge in [-0.1, -0.05) is 12.1 Å². The van der Waals surface area contributed by atoms with E-state index in [9.17, 15) is 14.4 Å². The van der Waals surface area contributed by atoms with Crippen LogP contribution in [0, 0.1) is 0 Å². The van der Waals surface area contributed by atoms with Gasteiger partial charge in [0.25, 0.3) is 5.91 Å². The van der Waals surface area contributed by atoms with E-state index in [4.69, 9.17) is 4.74 Å². The Labute approximate surface area is 179 Å². The van der Waals surface area contributed by atoms with Crippen molar-refractivity contribution in [3.05, 3.63) is 53.2 Å². The first-order valence-electron chi connectivity index (χ1n) is 10.4. The topological polar surface area (TPSA) is 113 Å². The first kappa shape index (κ1) is 19.5. The number of piperidine rings is 1. The fraction of sp³-hybridized carbons (Fsp3) is 0.364. The Morgan fingerprint density at radius 2 is 2.03 bits per heavy atom. The molecule has 3 aliphatic heterocycles. The number of carbonyl (C=O) groups excluding carboxylic acids is 3. The lowest BCUT2D eigenvalue weighted by Crippen LogP contribution is -2.52. The highest BCUT2D eigenvalue weighted by atomic mass is 16.5. The molecule has 2 fully saturated rings. The molecule has 0 saturated carbocycles. The molecule has 2 saturated heterocycles. The van der Waals surface area contributed by atoms with Gasteiger partial charge in [0.05, 0.1) is 0 Å². The number of anilines is 1. The summed E-state index contributed by atoms with van der Waals surface area (Å²) in [6.07, 6.45) is 2.50. The molecule has 3 N–H and O–H groups in total. The second kappa shape index (κ2) is 7.99. The highest BCUT2D eigenvalue weighted by Gasteiger charge is 2.39. The van der Waals surface area contributed by atoms with Crippen LogP contribution in [0.2, 0.25) is 0 Å². The van der Waals surface area contributed by atoms with Gasteiger partial charge in [-0.2, -0.15) is 0 Å². The van der Waals surface area contributed by atoms with E-state index in [0.717, 1.165) is 29.9 Å². The van der Waals surface area contributed by atoms with Crippen LogP contribution in [0.15, 0.2) is 36.5 Å². The standard InChI is InChI=1S/C22H23N5O4/c28-19-4-3-18(21(29)26-19)27-12-14-7-13(1-2-17(14)22(27)30)9-25-15-5-6-24-20(8-15)31-16-10-23-11-16/h1-2,5-8,16,18,23H,3-4,9-12H2,(H,24,25)(H,26,28,29). The maximum Gasteiger partial charge on any atom is 0.255 e. The van der Waals surface area contributed by atoms with Crippen LogP contribution in [0.5, 0.6) is 5.88 Å². The Hall–Kier alpha value is -3.46. The lowest BCUT2D eigenvalue weighted by Gasteiger charge is -2.29. The molecule has 0 radical (unpaired) electrons. The number of carbonyl (C=O) groups is 3. The quantitative estimate of drug-likeness (QED) is 0.592. The predicted octanol–water partition coefficient (Wildman–Crippen LogP) is 0.805. The van der Waals surface area contributed by atoms with E-state index >= 15 is 0 Å². The van der Waals surface area contributed by atoms with Gasteiger partial charge in [-0.15, -0.1) is 0 Å². The van der Waals surface area contributed by atoms with Crippen molar-refractivity contribution in [2.75, 3.05) is 18.4 Å². The van der Waals surface area contributed by atoms with Gasteiger partial charge in [0, 0.05) is 56.1 Å². The van der Waals surface area contributed by atoms with Crippen molar-refractivity contribution in [3.8, 4) is 5.88 Å². The van der Waals surface area contributed by atoms with Crippen molar-refractivity contribution in [2.24, 2.45) is 0 Å². The third kappa shape index (κ3) is 3.96. The first-order valence-corrected chi connectivity index (χ1v) is 10.4. The second-order valence-electron chi connectivity index (χ2n) is 8.03. The highest BCUT2D eigenvalue weighted by Crippen LogP contribution is 2.28. The SMILES string of the molecule is O=C1CCC(N2Cc3cc(CNc4ccnc(OC5CNC5)c4)ccc3C2=O)C(=O)N1. The van der Waals surface area contributed by atoms with Crippen molar-refractivity contribution in [1.29, 1.82) is 0 Å². The summed E-state index contributed by atoms with van der Waals surface area (Å²) in [6, 6.07) is 8.88. The molecule has 3 amide bonds. The van der Waals surface area contributed by atoms with Crippen LogP contribution in [0.1, 0.15) is 34.3 Å². The second-order valence-corrected chi connectivity index (χ2v) is 8.03. The Morgan fingerprint density at radius 1 is 1.16 bits per heavy atom. The van der Waals surface area contributed by atoms with E-state index < -0.39 is 11.9 Å². The van der Waals surface area contributed by atoms with Gasteiger partial charge in [-0.25, -0.2) is 4.98 Å². The first-order chi connectivity index (χ1) is 15.1. The zero-order chi connectivity index (χ0) is 21.4. The summed E-state index contributed by atoms with van der Waals surface area (Å²) >= 11 is 0. The molecule has 31 heavy (non-hydrogen) atoms. The van der Waals surface area contributed by atoms with Crippen molar-refractivity contribution in [3.63, 3.8) is 0 Å². The molecule has 1 aromatic carbocycles. The van der Waals surface area contributed by atoms with Gasteiger partial charge < -0.3 is 20.3 Å². The van der Waals surface area contributed by atoms with Crippen LogP contribution >= 0.6 is 0 Å². The monoisotopic (exact) mass is 421 g/mol. The van der Waals surface area contributed by atoms with Gasteiger partial charge in [0.2, 0.25) is 17.7 Å². The van der Waals surface area contributed by atoms with E-state index in [1.165, 1.54) is 0 Å². The van der Waals surface area contributed by atoms with Crippen LogP contribution in [0.4, 0.5) is 5.69 Å². The van der Waals surface area contributed by atoms with Crippen LogP contribution < -0.4 is 20.7 Å². The molecule has 1 aromatic heterocycles. The molecule has 0 aliphatic carbocycles. The van der Waals surface area contributed by atoms with E-state index in [1.807, 2.05) is 30.3 Å². The number of benzene rings is 1. The maximum absolute atomic E-state index is 12.8. The van der Waals surface area contributed by atoms with Gasteiger partial charge in [0.1, 0.15) is 12.1 Å². The summed E-state index contributed by atoms with van der Waals surface area (Å²) in [5, 5.41) is 8.85. The van der Waals surface area contributed by atoms with Gasteiger partial charge in [0.15, 0.2) is 0 Å². The lowest BCUT2D eigenvalue weighted by molar-refractivity contribution is -0.136. The minimum Gasteiger partial charge on any atom is -0.472 e. The van der Waals surface area contributed by atoms with E-state index in [2.05, 4.69) is 20.9 Å². The van der Waals surface area contributed by atoms with Crippen molar-refractivity contribution < 1.29 is 19.1 Å². The summed E-state index contributed by atoms with van der Waals surface area (Å²) in [5.41, 5.74) is 3.44. The summed E-state index contributed by atoms with van der Waals surface area (Å²) in [4.78, 5) is 42.2. The largest absolute Gasteiger partial charge is 0.472 e. The number of imide groups is 1. The Morgan fingerprint density at radius 3 is 2.81 bits per heavy atom. The lowest BCUT2D eigenvalue weighted by atomic mass is 10.0. The Bertz CT molecular complexity index is 1050. The number of rotatable bonds is 6. The number of amides is 3. The number of aromatic nitrogens is 1. The molecule has 160 valence electrons.